The van der Waals surface area contributed by atoms with Gasteiger partial charge in [-0.15, -0.1) is 10.2 Å². The molecule has 0 aliphatic heterocycles. The first-order chi connectivity index (χ1) is 9.11. The van der Waals surface area contributed by atoms with Gasteiger partial charge < -0.3 is 5.32 Å². The molecule has 0 aliphatic rings. The summed E-state index contributed by atoms with van der Waals surface area (Å²) in [7, 11) is 0. The molecule has 6 heteroatoms. The Bertz CT molecular complexity index is 568. The molecule has 1 amide bonds. The van der Waals surface area contributed by atoms with E-state index in [0.717, 1.165) is 16.6 Å². The summed E-state index contributed by atoms with van der Waals surface area (Å²) in [6.45, 7) is 4.02. The quantitative estimate of drug-likeness (QED) is 0.941. The number of hydrogen-bond donors (Lipinski definition) is 1. The summed E-state index contributed by atoms with van der Waals surface area (Å²) in [6.07, 6.45) is 4.09. The van der Waals surface area contributed by atoms with Crippen molar-refractivity contribution in [2.45, 2.75) is 26.3 Å². The van der Waals surface area contributed by atoms with E-state index >= 15 is 0 Å². The molecule has 0 bridgehead atoms. The Hall–Kier alpha value is -1.69. The van der Waals surface area contributed by atoms with Crippen LogP contribution in [0.1, 0.15) is 30.6 Å². The molecule has 100 valence electrons. The molecule has 1 atom stereocenters. The van der Waals surface area contributed by atoms with E-state index in [9.17, 15) is 4.79 Å². The molecule has 0 radical (unpaired) electrons. The van der Waals surface area contributed by atoms with E-state index in [1.54, 1.807) is 17.2 Å². The largest absolute Gasteiger partial charge is 0.350 e. The van der Waals surface area contributed by atoms with Crippen molar-refractivity contribution in [2.75, 3.05) is 0 Å². The predicted octanol–water partition coefficient (Wildman–Crippen LogP) is 2.56. The number of carbonyl (C=O) groups is 1. The highest BCUT2D eigenvalue weighted by atomic mass is 79.9. The van der Waals surface area contributed by atoms with Gasteiger partial charge in [0.25, 0.3) is 5.91 Å². The van der Waals surface area contributed by atoms with Gasteiger partial charge in [-0.1, -0.05) is 6.92 Å². The Morgan fingerprint density at radius 2 is 2.11 bits per heavy atom. The molecule has 1 unspecified atom stereocenters. The number of aromatic nitrogens is 3. The molecule has 2 aromatic rings. The standard InChI is InChI=1S/C13H15BrN4O/c1-3-9(2)17-13(19)11-6-10(4-5-12(11)14)18-7-15-16-8-18/h4-9H,3H2,1-2H3,(H,17,19). The highest BCUT2D eigenvalue weighted by molar-refractivity contribution is 9.10. The average Bonchev–Trinajstić information content (AvgIpc) is 2.93. The number of rotatable bonds is 4. The number of amides is 1. The van der Waals surface area contributed by atoms with Crippen molar-refractivity contribution in [2.24, 2.45) is 0 Å². The Balaban J connectivity index is 2.30. The molecule has 0 saturated carbocycles. The summed E-state index contributed by atoms with van der Waals surface area (Å²) < 4.78 is 2.53. The zero-order chi connectivity index (χ0) is 13.8. The van der Waals surface area contributed by atoms with Crippen molar-refractivity contribution in [3.05, 3.63) is 40.9 Å². The van der Waals surface area contributed by atoms with Crippen LogP contribution in [0.25, 0.3) is 5.69 Å². The van der Waals surface area contributed by atoms with Crippen molar-refractivity contribution in [1.29, 1.82) is 0 Å². The summed E-state index contributed by atoms with van der Waals surface area (Å²) in [4.78, 5) is 12.2. The van der Waals surface area contributed by atoms with E-state index in [1.165, 1.54) is 0 Å². The third-order valence-corrected chi connectivity index (χ3v) is 3.59. The van der Waals surface area contributed by atoms with Crippen LogP contribution in [0.15, 0.2) is 35.3 Å². The highest BCUT2D eigenvalue weighted by Gasteiger charge is 2.13. The molecule has 5 nitrogen and oxygen atoms in total. The molecule has 1 aromatic carbocycles. The number of hydrogen-bond acceptors (Lipinski definition) is 3. The minimum absolute atomic E-state index is 0.0869. The van der Waals surface area contributed by atoms with Crippen LogP contribution in [0.2, 0.25) is 0 Å². The first kappa shape index (κ1) is 13.7. The zero-order valence-electron chi connectivity index (χ0n) is 10.8. The molecular formula is C13H15BrN4O. The van der Waals surface area contributed by atoms with Crippen molar-refractivity contribution >= 4 is 21.8 Å². The van der Waals surface area contributed by atoms with Crippen LogP contribution in [0.5, 0.6) is 0 Å². The average molecular weight is 323 g/mol. The van der Waals surface area contributed by atoms with E-state index in [4.69, 9.17) is 0 Å². The van der Waals surface area contributed by atoms with Crippen molar-refractivity contribution < 1.29 is 4.79 Å². The van der Waals surface area contributed by atoms with Crippen molar-refractivity contribution in [3.8, 4) is 5.69 Å². The molecule has 1 N–H and O–H groups in total. The Labute approximate surface area is 120 Å². The summed E-state index contributed by atoms with van der Waals surface area (Å²) in [6, 6.07) is 5.71. The van der Waals surface area contributed by atoms with Gasteiger partial charge in [-0.25, -0.2) is 0 Å². The van der Waals surface area contributed by atoms with E-state index in [1.807, 2.05) is 32.0 Å². The molecule has 0 saturated heterocycles. The lowest BCUT2D eigenvalue weighted by atomic mass is 10.1. The maximum absolute atomic E-state index is 12.2. The Morgan fingerprint density at radius 3 is 2.74 bits per heavy atom. The van der Waals surface area contributed by atoms with Gasteiger partial charge in [0, 0.05) is 16.2 Å². The van der Waals surface area contributed by atoms with Crippen LogP contribution in [0, 0.1) is 0 Å². The number of benzene rings is 1. The number of nitrogens with one attached hydrogen (secondary N) is 1. The Kier molecular flexibility index (Phi) is 4.31. The van der Waals surface area contributed by atoms with Gasteiger partial charge in [0.2, 0.25) is 0 Å². The molecule has 2 rings (SSSR count). The lowest BCUT2D eigenvalue weighted by Gasteiger charge is -2.13. The van der Waals surface area contributed by atoms with Gasteiger partial charge >= 0.3 is 0 Å². The molecule has 0 fully saturated rings. The van der Waals surface area contributed by atoms with Gasteiger partial charge in [0.15, 0.2) is 0 Å². The zero-order valence-corrected chi connectivity index (χ0v) is 12.4. The lowest BCUT2D eigenvalue weighted by Crippen LogP contribution is -2.32. The number of carbonyl (C=O) groups excluding carboxylic acids is 1. The second kappa shape index (κ2) is 5.97. The van der Waals surface area contributed by atoms with Crippen LogP contribution >= 0.6 is 15.9 Å². The summed E-state index contributed by atoms with van der Waals surface area (Å²) in [5.74, 6) is -0.0869. The second-order valence-corrected chi connectivity index (χ2v) is 5.17. The molecular weight excluding hydrogens is 308 g/mol. The highest BCUT2D eigenvalue weighted by Crippen LogP contribution is 2.20. The molecule has 19 heavy (non-hydrogen) atoms. The van der Waals surface area contributed by atoms with Gasteiger partial charge in [-0.3, -0.25) is 9.36 Å². The number of halogens is 1. The first-order valence-electron chi connectivity index (χ1n) is 6.07. The van der Waals surface area contributed by atoms with E-state index in [0.29, 0.717) is 5.56 Å². The minimum Gasteiger partial charge on any atom is -0.350 e. The third kappa shape index (κ3) is 3.20. The molecule has 1 aromatic heterocycles. The van der Waals surface area contributed by atoms with E-state index in [-0.39, 0.29) is 11.9 Å². The maximum Gasteiger partial charge on any atom is 0.252 e. The predicted molar refractivity (Wildman–Crippen MR) is 76.3 cm³/mol. The Morgan fingerprint density at radius 1 is 1.42 bits per heavy atom. The summed E-state index contributed by atoms with van der Waals surface area (Å²) in [5, 5.41) is 10.5. The fourth-order valence-corrected chi connectivity index (χ4v) is 2.01. The molecule has 0 spiro atoms. The van der Waals surface area contributed by atoms with Crippen LogP contribution < -0.4 is 5.32 Å². The minimum atomic E-state index is -0.0869. The maximum atomic E-state index is 12.2. The normalized spacial score (nSPS) is 12.2. The van der Waals surface area contributed by atoms with Crippen LogP contribution in [0.4, 0.5) is 0 Å². The van der Waals surface area contributed by atoms with Crippen LogP contribution in [-0.2, 0) is 0 Å². The van der Waals surface area contributed by atoms with Crippen LogP contribution in [-0.4, -0.2) is 26.7 Å². The van der Waals surface area contributed by atoms with Gasteiger partial charge in [-0.05, 0) is 47.5 Å². The van der Waals surface area contributed by atoms with Crippen molar-refractivity contribution in [1.82, 2.24) is 20.1 Å². The van der Waals surface area contributed by atoms with Gasteiger partial charge in [0.1, 0.15) is 12.7 Å². The van der Waals surface area contributed by atoms with E-state index in [2.05, 4.69) is 31.4 Å². The fraction of sp³-hybridized carbons (Fsp3) is 0.308. The van der Waals surface area contributed by atoms with Gasteiger partial charge in [0.05, 0.1) is 5.56 Å². The first-order valence-corrected chi connectivity index (χ1v) is 6.86. The topological polar surface area (TPSA) is 59.8 Å². The lowest BCUT2D eigenvalue weighted by molar-refractivity contribution is 0.0938. The molecule has 1 heterocycles. The smallest absolute Gasteiger partial charge is 0.252 e. The monoisotopic (exact) mass is 322 g/mol. The number of nitrogens with zero attached hydrogens (tertiary/aromatic N) is 3. The third-order valence-electron chi connectivity index (χ3n) is 2.90. The summed E-state index contributed by atoms with van der Waals surface area (Å²) >= 11 is 3.40. The van der Waals surface area contributed by atoms with Crippen LogP contribution in [0.3, 0.4) is 0 Å². The fourth-order valence-electron chi connectivity index (χ4n) is 1.59. The second-order valence-electron chi connectivity index (χ2n) is 4.32. The van der Waals surface area contributed by atoms with Gasteiger partial charge in [-0.2, -0.15) is 0 Å². The SMILES string of the molecule is CCC(C)NC(=O)c1cc(-n2cnnc2)ccc1Br. The van der Waals surface area contributed by atoms with Crippen molar-refractivity contribution in [3.63, 3.8) is 0 Å². The molecule has 0 aliphatic carbocycles. The van der Waals surface area contributed by atoms with E-state index < -0.39 is 0 Å². The summed E-state index contributed by atoms with van der Waals surface area (Å²) in [5.41, 5.74) is 1.45.